The van der Waals surface area contributed by atoms with Gasteiger partial charge in [0.2, 0.25) is 0 Å². The lowest BCUT2D eigenvalue weighted by atomic mass is 10.0. The van der Waals surface area contributed by atoms with E-state index >= 15 is 0 Å². The number of guanidine groups is 1. The molecule has 0 aliphatic heterocycles. The lowest BCUT2D eigenvalue weighted by molar-refractivity contribution is 0.306. The van der Waals surface area contributed by atoms with Crippen LogP contribution < -0.4 is 10.6 Å². The average Bonchev–Trinajstić information content (AvgIpc) is 3.13. The SMILES string of the molecule is CCNC(=NCC(c1ccc(C)cc1)N(C)C)NCCCn1cccn1. The Kier molecular flexibility index (Phi) is 8.15. The molecule has 1 unspecified atom stereocenters. The second-order valence-corrected chi connectivity index (χ2v) is 6.66. The van der Waals surface area contributed by atoms with Crippen molar-refractivity contribution in [1.29, 1.82) is 0 Å². The Balaban J connectivity index is 1.91. The van der Waals surface area contributed by atoms with E-state index in [4.69, 9.17) is 4.99 Å². The van der Waals surface area contributed by atoms with Gasteiger partial charge in [-0.1, -0.05) is 29.8 Å². The highest BCUT2D eigenvalue weighted by molar-refractivity contribution is 5.79. The molecule has 1 heterocycles. The highest BCUT2D eigenvalue weighted by Gasteiger charge is 2.13. The molecule has 2 N–H and O–H groups in total. The van der Waals surface area contributed by atoms with Crippen LogP contribution in [0, 0.1) is 6.92 Å². The first-order valence-electron chi connectivity index (χ1n) is 9.32. The minimum absolute atomic E-state index is 0.259. The number of benzene rings is 1. The first-order valence-corrected chi connectivity index (χ1v) is 9.32. The van der Waals surface area contributed by atoms with Gasteiger partial charge >= 0.3 is 0 Å². The van der Waals surface area contributed by atoms with E-state index in [0.717, 1.165) is 32.0 Å². The lowest BCUT2D eigenvalue weighted by Gasteiger charge is -2.24. The molecule has 6 heteroatoms. The summed E-state index contributed by atoms with van der Waals surface area (Å²) in [7, 11) is 4.20. The predicted molar refractivity (Wildman–Crippen MR) is 108 cm³/mol. The molecular formula is C20H32N6. The molecule has 2 aromatic rings. The number of nitrogens with one attached hydrogen (secondary N) is 2. The van der Waals surface area contributed by atoms with Crippen molar-refractivity contribution in [1.82, 2.24) is 25.3 Å². The van der Waals surface area contributed by atoms with Crippen molar-refractivity contribution in [3.8, 4) is 0 Å². The molecule has 0 aliphatic carbocycles. The van der Waals surface area contributed by atoms with Crippen LogP contribution in [0.15, 0.2) is 47.7 Å². The number of hydrogen-bond donors (Lipinski definition) is 2. The number of hydrogen-bond acceptors (Lipinski definition) is 3. The van der Waals surface area contributed by atoms with Crippen LogP contribution in [-0.4, -0.2) is 54.4 Å². The van der Waals surface area contributed by atoms with Crippen LogP contribution in [0.1, 0.15) is 30.5 Å². The van der Waals surface area contributed by atoms with E-state index in [-0.39, 0.29) is 6.04 Å². The third-order valence-electron chi connectivity index (χ3n) is 4.27. The third-order valence-corrected chi connectivity index (χ3v) is 4.27. The molecule has 0 saturated carbocycles. The maximum atomic E-state index is 4.80. The van der Waals surface area contributed by atoms with Crippen LogP contribution in [0.3, 0.4) is 0 Å². The molecule has 142 valence electrons. The van der Waals surface area contributed by atoms with Gasteiger partial charge in [0.1, 0.15) is 0 Å². The standard InChI is InChI=1S/C20H32N6/c1-5-21-20(22-12-6-14-26-15-7-13-24-26)23-16-19(25(3)4)18-10-8-17(2)9-11-18/h7-11,13,15,19H,5-6,12,14,16H2,1-4H3,(H2,21,22,23). The van der Waals surface area contributed by atoms with Crippen LogP contribution in [-0.2, 0) is 6.54 Å². The molecule has 6 nitrogen and oxygen atoms in total. The van der Waals surface area contributed by atoms with Crippen LogP contribution in [0.5, 0.6) is 0 Å². The highest BCUT2D eigenvalue weighted by atomic mass is 15.3. The van der Waals surface area contributed by atoms with Gasteiger partial charge in [-0.05, 0) is 46.0 Å². The lowest BCUT2D eigenvalue weighted by Crippen LogP contribution is -2.38. The number of rotatable bonds is 9. The molecule has 0 fully saturated rings. The summed E-state index contributed by atoms with van der Waals surface area (Å²) in [6.45, 7) is 7.53. The van der Waals surface area contributed by atoms with Crippen molar-refractivity contribution in [2.45, 2.75) is 32.9 Å². The van der Waals surface area contributed by atoms with E-state index in [1.54, 1.807) is 0 Å². The van der Waals surface area contributed by atoms with Gasteiger partial charge in [0, 0.05) is 32.0 Å². The Bertz CT molecular complexity index is 645. The summed E-state index contributed by atoms with van der Waals surface area (Å²) < 4.78 is 1.95. The smallest absolute Gasteiger partial charge is 0.191 e. The second-order valence-electron chi connectivity index (χ2n) is 6.66. The van der Waals surface area contributed by atoms with Crippen LogP contribution in [0.25, 0.3) is 0 Å². The molecule has 26 heavy (non-hydrogen) atoms. The Morgan fingerprint density at radius 3 is 2.62 bits per heavy atom. The average molecular weight is 357 g/mol. The Hall–Kier alpha value is -2.34. The quantitative estimate of drug-likeness (QED) is 0.412. The number of aryl methyl sites for hydroxylation is 2. The van der Waals surface area contributed by atoms with Crippen LogP contribution in [0.2, 0.25) is 0 Å². The number of nitrogens with zero attached hydrogens (tertiary/aromatic N) is 4. The minimum Gasteiger partial charge on any atom is -0.357 e. The van der Waals surface area contributed by atoms with Gasteiger partial charge in [-0.2, -0.15) is 5.10 Å². The van der Waals surface area contributed by atoms with Crippen molar-refractivity contribution in [2.75, 3.05) is 33.7 Å². The fraction of sp³-hybridized carbons (Fsp3) is 0.500. The zero-order valence-corrected chi connectivity index (χ0v) is 16.4. The fourth-order valence-corrected chi connectivity index (χ4v) is 2.76. The molecule has 2 rings (SSSR count). The molecule has 0 amide bonds. The van der Waals surface area contributed by atoms with Gasteiger partial charge in [0.15, 0.2) is 5.96 Å². The molecule has 1 aromatic carbocycles. The van der Waals surface area contributed by atoms with E-state index in [1.165, 1.54) is 11.1 Å². The summed E-state index contributed by atoms with van der Waals surface area (Å²) in [5.41, 5.74) is 2.57. The zero-order chi connectivity index (χ0) is 18.8. The zero-order valence-electron chi connectivity index (χ0n) is 16.4. The van der Waals surface area contributed by atoms with Crippen molar-refractivity contribution in [3.05, 3.63) is 53.9 Å². The van der Waals surface area contributed by atoms with Crippen LogP contribution >= 0.6 is 0 Å². The molecule has 0 bridgehead atoms. The number of aromatic nitrogens is 2. The van der Waals surface area contributed by atoms with E-state index in [9.17, 15) is 0 Å². The number of likely N-dealkylation sites (N-methyl/N-ethyl adjacent to an activating group) is 1. The molecule has 1 atom stereocenters. The first-order chi connectivity index (χ1) is 12.6. The molecule has 0 saturated heterocycles. The van der Waals surface area contributed by atoms with Crippen molar-refractivity contribution in [3.63, 3.8) is 0 Å². The van der Waals surface area contributed by atoms with E-state index < -0.39 is 0 Å². The van der Waals surface area contributed by atoms with Gasteiger partial charge in [0.25, 0.3) is 0 Å². The Labute approximate surface area is 157 Å². The predicted octanol–water partition coefficient (Wildman–Crippen LogP) is 2.44. The second kappa shape index (κ2) is 10.6. The largest absolute Gasteiger partial charge is 0.357 e. The third kappa shape index (κ3) is 6.52. The van der Waals surface area contributed by atoms with Crippen molar-refractivity contribution in [2.24, 2.45) is 4.99 Å². The Morgan fingerprint density at radius 1 is 1.23 bits per heavy atom. The summed E-state index contributed by atoms with van der Waals surface area (Å²) in [4.78, 5) is 7.02. The minimum atomic E-state index is 0.259. The summed E-state index contributed by atoms with van der Waals surface area (Å²) in [6.07, 6.45) is 4.80. The fourth-order valence-electron chi connectivity index (χ4n) is 2.76. The van der Waals surface area contributed by atoms with E-state index in [2.05, 4.69) is 72.8 Å². The Morgan fingerprint density at radius 2 is 2.00 bits per heavy atom. The van der Waals surface area contributed by atoms with Gasteiger partial charge < -0.3 is 15.5 Å². The van der Waals surface area contributed by atoms with Crippen molar-refractivity contribution >= 4 is 5.96 Å². The van der Waals surface area contributed by atoms with Gasteiger partial charge in [0.05, 0.1) is 12.6 Å². The van der Waals surface area contributed by atoms with Crippen LogP contribution in [0.4, 0.5) is 0 Å². The van der Waals surface area contributed by atoms with Gasteiger partial charge in [-0.15, -0.1) is 0 Å². The maximum absolute atomic E-state index is 4.80. The van der Waals surface area contributed by atoms with Crippen molar-refractivity contribution < 1.29 is 0 Å². The van der Waals surface area contributed by atoms with E-state index in [1.807, 2.05) is 23.1 Å². The maximum Gasteiger partial charge on any atom is 0.191 e. The highest BCUT2D eigenvalue weighted by Crippen LogP contribution is 2.19. The summed E-state index contributed by atoms with van der Waals surface area (Å²) in [6, 6.07) is 10.9. The van der Waals surface area contributed by atoms with Gasteiger partial charge in [-0.25, -0.2) is 0 Å². The molecule has 1 aromatic heterocycles. The van der Waals surface area contributed by atoms with Gasteiger partial charge in [-0.3, -0.25) is 9.67 Å². The summed E-state index contributed by atoms with van der Waals surface area (Å²) in [5, 5.41) is 11.0. The molecular weight excluding hydrogens is 324 g/mol. The topological polar surface area (TPSA) is 57.5 Å². The van der Waals surface area contributed by atoms with E-state index in [0.29, 0.717) is 6.54 Å². The first kappa shape index (κ1) is 20.0. The summed E-state index contributed by atoms with van der Waals surface area (Å²) in [5.74, 6) is 0.868. The number of aliphatic imine (C=N–C) groups is 1. The normalized spacial score (nSPS) is 13.0. The summed E-state index contributed by atoms with van der Waals surface area (Å²) >= 11 is 0. The monoisotopic (exact) mass is 356 g/mol. The molecule has 0 spiro atoms. The molecule has 0 radical (unpaired) electrons. The molecule has 0 aliphatic rings.